The molecule has 0 bridgehead atoms. The van der Waals surface area contributed by atoms with Crippen molar-refractivity contribution in [1.82, 2.24) is 5.32 Å². The first-order chi connectivity index (χ1) is 8.63. The van der Waals surface area contributed by atoms with Crippen molar-refractivity contribution in [3.63, 3.8) is 0 Å². The van der Waals surface area contributed by atoms with Crippen LogP contribution in [0.1, 0.15) is 24.5 Å². The van der Waals surface area contributed by atoms with Crippen LogP contribution in [0.4, 0.5) is 0 Å². The van der Waals surface area contributed by atoms with Crippen LogP contribution < -0.4 is 5.32 Å². The van der Waals surface area contributed by atoms with E-state index in [4.69, 9.17) is 5.11 Å². The van der Waals surface area contributed by atoms with Crippen LogP contribution in [-0.4, -0.2) is 17.0 Å². The molecule has 1 aliphatic rings. The number of amides is 1. The molecule has 18 heavy (non-hydrogen) atoms. The average molecular weight is 247 g/mol. The quantitative estimate of drug-likeness (QED) is 0.830. The maximum Gasteiger partial charge on any atom is 0.307 e. The predicted molar refractivity (Wildman–Crippen MR) is 66.9 cm³/mol. The molecule has 96 valence electrons. The largest absolute Gasteiger partial charge is 0.481 e. The first-order valence-electron chi connectivity index (χ1n) is 6.20. The van der Waals surface area contributed by atoms with Gasteiger partial charge < -0.3 is 10.4 Å². The van der Waals surface area contributed by atoms with E-state index in [-0.39, 0.29) is 11.8 Å². The summed E-state index contributed by atoms with van der Waals surface area (Å²) < 4.78 is 0. The number of carbonyl (C=O) groups excluding carboxylic acids is 1. The summed E-state index contributed by atoms with van der Waals surface area (Å²) >= 11 is 0. The van der Waals surface area contributed by atoms with E-state index >= 15 is 0 Å². The highest BCUT2D eigenvalue weighted by Crippen LogP contribution is 2.38. The van der Waals surface area contributed by atoms with Crippen molar-refractivity contribution in [2.75, 3.05) is 0 Å². The van der Waals surface area contributed by atoms with Crippen molar-refractivity contribution in [1.29, 1.82) is 0 Å². The molecule has 1 amide bonds. The number of hydrogen-bond acceptors (Lipinski definition) is 2. The molecule has 1 aliphatic carbocycles. The average Bonchev–Trinajstić information content (AvgIpc) is 3.16. The molecule has 0 aliphatic heterocycles. The van der Waals surface area contributed by atoms with Crippen LogP contribution in [0.25, 0.3) is 0 Å². The summed E-state index contributed by atoms with van der Waals surface area (Å²) in [6.45, 7) is 2.55. The number of aliphatic carboxylic acids is 1. The van der Waals surface area contributed by atoms with E-state index in [1.165, 1.54) is 5.56 Å². The lowest BCUT2D eigenvalue weighted by Gasteiger charge is -2.08. The predicted octanol–water partition coefficient (Wildman–Crippen LogP) is 1.59. The summed E-state index contributed by atoms with van der Waals surface area (Å²) in [4.78, 5) is 22.4. The van der Waals surface area contributed by atoms with Gasteiger partial charge in [0.2, 0.25) is 5.91 Å². The Labute approximate surface area is 106 Å². The van der Waals surface area contributed by atoms with Crippen molar-refractivity contribution < 1.29 is 14.7 Å². The van der Waals surface area contributed by atoms with Gasteiger partial charge in [-0.3, -0.25) is 9.59 Å². The molecule has 0 heterocycles. The van der Waals surface area contributed by atoms with Gasteiger partial charge in [0.25, 0.3) is 0 Å². The molecule has 1 saturated carbocycles. The van der Waals surface area contributed by atoms with Gasteiger partial charge in [0.15, 0.2) is 0 Å². The van der Waals surface area contributed by atoms with Crippen molar-refractivity contribution >= 4 is 11.9 Å². The normalized spacial score (nSPS) is 21.4. The minimum absolute atomic E-state index is 0.145. The summed E-state index contributed by atoms with van der Waals surface area (Å²) in [5, 5.41) is 11.6. The molecule has 2 N–H and O–H groups in total. The number of rotatable bonds is 5. The minimum atomic E-state index is -0.871. The summed E-state index contributed by atoms with van der Waals surface area (Å²) in [6.07, 6.45) is 1.39. The van der Waals surface area contributed by atoms with Crippen LogP contribution in [0.2, 0.25) is 0 Å². The minimum Gasteiger partial charge on any atom is -0.481 e. The van der Waals surface area contributed by atoms with Crippen molar-refractivity contribution in [3.05, 3.63) is 35.4 Å². The van der Waals surface area contributed by atoms with E-state index in [0.717, 1.165) is 12.0 Å². The van der Waals surface area contributed by atoms with Crippen LogP contribution in [-0.2, 0) is 22.6 Å². The smallest absolute Gasteiger partial charge is 0.307 e. The third kappa shape index (κ3) is 2.70. The van der Waals surface area contributed by atoms with E-state index in [0.29, 0.717) is 13.0 Å². The monoisotopic (exact) mass is 247 g/mol. The third-order valence-corrected chi connectivity index (χ3v) is 3.40. The Morgan fingerprint density at radius 1 is 1.28 bits per heavy atom. The van der Waals surface area contributed by atoms with Gasteiger partial charge >= 0.3 is 5.97 Å². The second-order valence-corrected chi connectivity index (χ2v) is 4.63. The molecule has 1 aromatic carbocycles. The zero-order chi connectivity index (χ0) is 13.1. The summed E-state index contributed by atoms with van der Waals surface area (Å²) in [6, 6.07) is 7.95. The molecule has 0 aromatic heterocycles. The number of carbonyl (C=O) groups is 2. The molecule has 0 saturated heterocycles. The lowest BCUT2D eigenvalue weighted by molar-refractivity contribution is -0.140. The lowest BCUT2D eigenvalue weighted by atomic mass is 10.1. The second-order valence-electron chi connectivity index (χ2n) is 4.63. The first kappa shape index (κ1) is 12.6. The van der Waals surface area contributed by atoms with Gasteiger partial charge in [0, 0.05) is 6.54 Å². The number of benzene rings is 1. The van der Waals surface area contributed by atoms with Gasteiger partial charge in [-0.1, -0.05) is 31.2 Å². The summed E-state index contributed by atoms with van der Waals surface area (Å²) in [7, 11) is 0. The fourth-order valence-corrected chi connectivity index (χ4v) is 2.15. The van der Waals surface area contributed by atoms with Crippen LogP contribution in [0.5, 0.6) is 0 Å². The van der Waals surface area contributed by atoms with Crippen molar-refractivity contribution in [2.24, 2.45) is 11.8 Å². The highest BCUT2D eigenvalue weighted by Gasteiger charge is 2.48. The molecule has 1 fully saturated rings. The highest BCUT2D eigenvalue weighted by molar-refractivity contribution is 5.89. The number of carboxylic acid groups (broad SMARTS) is 1. The number of carboxylic acids is 1. The Kier molecular flexibility index (Phi) is 3.65. The third-order valence-electron chi connectivity index (χ3n) is 3.40. The first-order valence-corrected chi connectivity index (χ1v) is 6.20. The second kappa shape index (κ2) is 5.21. The molecule has 0 unspecified atom stereocenters. The van der Waals surface area contributed by atoms with E-state index in [1.54, 1.807) is 0 Å². The maximum absolute atomic E-state index is 11.7. The van der Waals surface area contributed by atoms with Crippen LogP contribution in [0.3, 0.4) is 0 Å². The molecule has 2 rings (SSSR count). The van der Waals surface area contributed by atoms with Crippen LogP contribution in [0.15, 0.2) is 24.3 Å². The number of aryl methyl sites for hydroxylation is 1. The highest BCUT2D eigenvalue weighted by atomic mass is 16.4. The molecule has 1 aromatic rings. The molecule has 4 heteroatoms. The van der Waals surface area contributed by atoms with Gasteiger partial charge in [0.1, 0.15) is 0 Å². The summed E-state index contributed by atoms with van der Waals surface area (Å²) in [5.74, 6) is -1.83. The van der Waals surface area contributed by atoms with Crippen molar-refractivity contribution in [2.45, 2.75) is 26.3 Å². The molecule has 0 spiro atoms. The molecular weight excluding hydrogens is 230 g/mol. The van der Waals surface area contributed by atoms with Gasteiger partial charge in [-0.2, -0.15) is 0 Å². The van der Waals surface area contributed by atoms with Crippen LogP contribution in [0, 0.1) is 11.8 Å². The SMILES string of the molecule is CCc1ccccc1CNC(=O)[C@H]1C[C@H]1C(=O)O. The van der Waals surface area contributed by atoms with Gasteiger partial charge in [-0.25, -0.2) is 0 Å². The fourth-order valence-electron chi connectivity index (χ4n) is 2.15. The summed E-state index contributed by atoms with van der Waals surface area (Å²) in [5.41, 5.74) is 2.31. The molecule has 4 nitrogen and oxygen atoms in total. The Balaban J connectivity index is 1.89. The van der Waals surface area contributed by atoms with E-state index in [1.807, 2.05) is 24.3 Å². The molecule has 0 radical (unpaired) electrons. The molecular formula is C14H17NO3. The van der Waals surface area contributed by atoms with E-state index in [2.05, 4.69) is 12.2 Å². The Bertz CT molecular complexity index is 470. The van der Waals surface area contributed by atoms with Gasteiger partial charge in [0.05, 0.1) is 11.8 Å². The zero-order valence-corrected chi connectivity index (χ0v) is 10.3. The maximum atomic E-state index is 11.7. The number of hydrogen-bond donors (Lipinski definition) is 2. The molecule has 2 atom stereocenters. The van der Waals surface area contributed by atoms with Crippen LogP contribution >= 0.6 is 0 Å². The van der Waals surface area contributed by atoms with Crippen molar-refractivity contribution in [3.8, 4) is 0 Å². The Hall–Kier alpha value is -1.84. The lowest BCUT2D eigenvalue weighted by Crippen LogP contribution is -2.26. The van der Waals surface area contributed by atoms with E-state index in [9.17, 15) is 9.59 Å². The fraction of sp³-hybridized carbons (Fsp3) is 0.429. The Morgan fingerprint density at radius 2 is 1.94 bits per heavy atom. The van der Waals surface area contributed by atoms with Gasteiger partial charge in [-0.15, -0.1) is 0 Å². The zero-order valence-electron chi connectivity index (χ0n) is 10.3. The van der Waals surface area contributed by atoms with E-state index < -0.39 is 11.9 Å². The standard InChI is InChI=1S/C14H17NO3/c1-2-9-5-3-4-6-10(9)8-15-13(16)11-7-12(11)14(17)18/h3-6,11-12H,2,7-8H2,1H3,(H,15,16)(H,17,18)/t11-,12+/m0/s1. The topological polar surface area (TPSA) is 66.4 Å². The van der Waals surface area contributed by atoms with Gasteiger partial charge in [-0.05, 0) is 24.0 Å². The number of nitrogens with one attached hydrogen (secondary N) is 1. The Morgan fingerprint density at radius 3 is 2.50 bits per heavy atom.